The summed E-state index contributed by atoms with van der Waals surface area (Å²) in [6.07, 6.45) is 4.31. The summed E-state index contributed by atoms with van der Waals surface area (Å²) in [7, 11) is 0. The first-order chi connectivity index (χ1) is 10.7. The molecule has 1 aromatic carbocycles. The molecule has 0 aliphatic carbocycles. The normalized spacial score (nSPS) is 24.7. The minimum atomic E-state index is 0.0303. The summed E-state index contributed by atoms with van der Waals surface area (Å²) in [5.41, 5.74) is 2.06. The SMILES string of the molecule is CSc1cccc(NC(=O)N2CC[C@@H]([C@@H]3CCOC3)C2)c1C. The second kappa shape index (κ2) is 6.92. The first-order valence-corrected chi connectivity index (χ1v) is 9.18. The summed E-state index contributed by atoms with van der Waals surface area (Å²) in [6, 6.07) is 6.09. The van der Waals surface area contributed by atoms with E-state index < -0.39 is 0 Å². The van der Waals surface area contributed by atoms with Crippen LogP contribution in [-0.4, -0.2) is 43.5 Å². The van der Waals surface area contributed by atoms with Gasteiger partial charge in [0.2, 0.25) is 0 Å². The van der Waals surface area contributed by atoms with Crippen molar-refractivity contribution in [2.24, 2.45) is 11.8 Å². The molecule has 5 heteroatoms. The van der Waals surface area contributed by atoms with Crippen LogP contribution in [-0.2, 0) is 4.74 Å². The number of rotatable bonds is 3. The molecule has 22 heavy (non-hydrogen) atoms. The Labute approximate surface area is 136 Å². The van der Waals surface area contributed by atoms with Crippen molar-refractivity contribution in [2.75, 3.05) is 37.9 Å². The van der Waals surface area contributed by atoms with E-state index in [-0.39, 0.29) is 6.03 Å². The van der Waals surface area contributed by atoms with E-state index in [1.165, 1.54) is 4.90 Å². The average Bonchev–Trinajstić information content (AvgIpc) is 3.20. The van der Waals surface area contributed by atoms with Gasteiger partial charge in [0.1, 0.15) is 0 Å². The van der Waals surface area contributed by atoms with Crippen molar-refractivity contribution in [1.29, 1.82) is 0 Å². The van der Waals surface area contributed by atoms with Gasteiger partial charge in [-0.2, -0.15) is 0 Å². The van der Waals surface area contributed by atoms with Crippen LogP contribution in [0.3, 0.4) is 0 Å². The third-order valence-electron chi connectivity index (χ3n) is 4.89. The molecule has 0 saturated carbocycles. The molecule has 2 fully saturated rings. The van der Waals surface area contributed by atoms with Crippen LogP contribution in [0.4, 0.5) is 10.5 Å². The number of urea groups is 1. The third kappa shape index (κ3) is 3.25. The lowest BCUT2D eigenvalue weighted by molar-refractivity contribution is 0.171. The highest BCUT2D eigenvalue weighted by molar-refractivity contribution is 7.98. The van der Waals surface area contributed by atoms with Crippen molar-refractivity contribution in [3.8, 4) is 0 Å². The van der Waals surface area contributed by atoms with Crippen LogP contribution in [0.5, 0.6) is 0 Å². The molecule has 0 aromatic heterocycles. The predicted molar refractivity (Wildman–Crippen MR) is 90.6 cm³/mol. The summed E-state index contributed by atoms with van der Waals surface area (Å²) < 4.78 is 5.48. The fourth-order valence-electron chi connectivity index (χ4n) is 3.45. The van der Waals surface area contributed by atoms with Gasteiger partial charge in [-0.15, -0.1) is 11.8 Å². The highest BCUT2D eigenvalue weighted by atomic mass is 32.2. The number of ether oxygens (including phenoxy) is 1. The largest absolute Gasteiger partial charge is 0.381 e. The topological polar surface area (TPSA) is 41.6 Å². The Morgan fingerprint density at radius 2 is 2.23 bits per heavy atom. The van der Waals surface area contributed by atoms with Gasteiger partial charge in [0.05, 0.1) is 0 Å². The lowest BCUT2D eigenvalue weighted by atomic mass is 9.91. The molecule has 4 nitrogen and oxygen atoms in total. The number of carbonyl (C=O) groups excluding carboxylic acids is 1. The number of benzene rings is 1. The van der Waals surface area contributed by atoms with E-state index in [0.717, 1.165) is 50.4 Å². The van der Waals surface area contributed by atoms with E-state index in [9.17, 15) is 4.79 Å². The van der Waals surface area contributed by atoms with E-state index in [2.05, 4.69) is 24.6 Å². The van der Waals surface area contributed by atoms with Gasteiger partial charge in [0.15, 0.2) is 0 Å². The minimum absolute atomic E-state index is 0.0303. The van der Waals surface area contributed by atoms with Gasteiger partial charge in [-0.25, -0.2) is 4.79 Å². The lowest BCUT2D eigenvalue weighted by Gasteiger charge is -2.20. The average molecular weight is 320 g/mol. The number of hydrogen-bond acceptors (Lipinski definition) is 3. The Morgan fingerprint density at radius 3 is 2.95 bits per heavy atom. The number of anilines is 1. The predicted octanol–water partition coefficient (Wildman–Crippen LogP) is 3.61. The van der Waals surface area contributed by atoms with Gasteiger partial charge in [-0.3, -0.25) is 0 Å². The van der Waals surface area contributed by atoms with E-state index in [0.29, 0.717) is 11.8 Å². The monoisotopic (exact) mass is 320 g/mol. The van der Waals surface area contributed by atoms with Crippen LogP contribution < -0.4 is 5.32 Å². The quantitative estimate of drug-likeness (QED) is 0.865. The van der Waals surface area contributed by atoms with Crippen LogP contribution in [0.25, 0.3) is 0 Å². The molecule has 1 N–H and O–H groups in total. The molecule has 2 amide bonds. The molecule has 0 bridgehead atoms. The number of likely N-dealkylation sites (tertiary alicyclic amines) is 1. The highest BCUT2D eigenvalue weighted by Crippen LogP contribution is 2.31. The fraction of sp³-hybridized carbons (Fsp3) is 0.588. The molecular weight excluding hydrogens is 296 g/mol. The number of nitrogens with one attached hydrogen (secondary N) is 1. The van der Waals surface area contributed by atoms with Crippen molar-refractivity contribution in [2.45, 2.75) is 24.7 Å². The van der Waals surface area contributed by atoms with Crippen molar-refractivity contribution in [1.82, 2.24) is 4.90 Å². The molecule has 2 saturated heterocycles. The second-order valence-electron chi connectivity index (χ2n) is 6.18. The molecule has 3 rings (SSSR count). The summed E-state index contributed by atoms with van der Waals surface area (Å²) in [6.45, 7) is 5.53. The summed E-state index contributed by atoms with van der Waals surface area (Å²) >= 11 is 1.71. The zero-order chi connectivity index (χ0) is 15.5. The van der Waals surface area contributed by atoms with Gasteiger partial charge in [-0.1, -0.05) is 6.07 Å². The molecular formula is C17H24N2O2S. The number of hydrogen-bond donors (Lipinski definition) is 1. The van der Waals surface area contributed by atoms with Crippen LogP contribution in [0.2, 0.25) is 0 Å². The molecule has 2 heterocycles. The van der Waals surface area contributed by atoms with Crippen molar-refractivity contribution < 1.29 is 9.53 Å². The van der Waals surface area contributed by atoms with E-state index in [1.54, 1.807) is 11.8 Å². The van der Waals surface area contributed by atoms with E-state index in [4.69, 9.17) is 4.74 Å². The zero-order valence-electron chi connectivity index (χ0n) is 13.3. The standard InChI is InChI=1S/C17H24N2O2S/c1-12-15(4-3-5-16(12)22-2)18-17(20)19-8-6-13(10-19)14-7-9-21-11-14/h3-5,13-14H,6-11H2,1-2H3,(H,18,20)/t13-,14-/m1/s1. The smallest absolute Gasteiger partial charge is 0.321 e. The summed E-state index contributed by atoms with van der Waals surface area (Å²) in [5, 5.41) is 3.08. The number of amides is 2. The van der Waals surface area contributed by atoms with Crippen LogP contribution in [0.15, 0.2) is 23.1 Å². The Hall–Kier alpha value is -1.20. The van der Waals surface area contributed by atoms with Gasteiger partial charge in [-0.05, 0) is 55.6 Å². The molecule has 0 spiro atoms. The molecule has 120 valence electrons. The van der Waals surface area contributed by atoms with E-state index in [1.807, 2.05) is 17.0 Å². The number of thioether (sulfide) groups is 1. The number of nitrogens with zero attached hydrogens (tertiary/aromatic N) is 1. The summed E-state index contributed by atoms with van der Waals surface area (Å²) in [5.74, 6) is 1.24. The van der Waals surface area contributed by atoms with Crippen molar-refractivity contribution in [3.05, 3.63) is 23.8 Å². The van der Waals surface area contributed by atoms with Crippen LogP contribution >= 0.6 is 11.8 Å². The highest BCUT2D eigenvalue weighted by Gasteiger charge is 2.33. The van der Waals surface area contributed by atoms with Gasteiger partial charge in [0, 0.05) is 36.9 Å². The van der Waals surface area contributed by atoms with Crippen LogP contribution in [0.1, 0.15) is 18.4 Å². The first kappa shape index (κ1) is 15.7. The first-order valence-electron chi connectivity index (χ1n) is 7.96. The molecule has 0 radical (unpaired) electrons. The Kier molecular flexibility index (Phi) is 4.93. The van der Waals surface area contributed by atoms with Crippen molar-refractivity contribution in [3.63, 3.8) is 0 Å². The van der Waals surface area contributed by atoms with E-state index >= 15 is 0 Å². The number of carbonyl (C=O) groups is 1. The lowest BCUT2D eigenvalue weighted by Crippen LogP contribution is -2.34. The third-order valence-corrected chi connectivity index (χ3v) is 5.77. The van der Waals surface area contributed by atoms with Gasteiger partial charge in [0.25, 0.3) is 0 Å². The van der Waals surface area contributed by atoms with Gasteiger partial charge >= 0.3 is 6.03 Å². The van der Waals surface area contributed by atoms with Gasteiger partial charge < -0.3 is 15.0 Å². The maximum absolute atomic E-state index is 12.5. The molecule has 2 aliphatic rings. The molecule has 2 aliphatic heterocycles. The summed E-state index contributed by atoms with van der Waals surface area (Å²) in [4.78, 5) is 15.7. The minimum Gasteiger partial charge on any atom is -0.381 e. The Morgan fingerprint density at radius 1 is 1.36 bits per heavy atom. The Bertz CT molecular complexity index is 543. The second-order valence-corrected chi connectivity index (χ2v) is 7.03. The Balaban J connectivity index is 1.61. The van der Waals surface area contributed by atoms with Crippen molar-refractivity contribution >= 4 is 23.5 Å². The fourth-order valence-corrected chi connectivity index (χ4v) is 4.08. The van der Waals surface area contributed by atoms with Crippen LogP contribution in [0, 0.1) is 18.8 Å². The molecule has 2 atom stereocenters. The maximum Gasteiger partial charge on any atom is 0.321 e. The zero-order valence-corrected chi connectivity index (χ0v) is 14.1. The maximum atomic E-state index is 12.5. The molecule has 0 unspecified atom stereocenters. The molecule has 1 aromatic rings.